The van der Waals surface area contributed by atoms with Gasteiger partial charge in [-0.1, -0.05) is 13.3 Å². The molecule has 0 amide bonds. The van der Waals surface area contributed by atoms with Crippen LogP contribution in [0.15, 0.2) is 0 Å². The van der Waals surface area contributed by atoms with Crippen molar-refractivity contribution < 1.29 is 19.1 Å². The maximum atomic E-state index is 11.6. The lowest BCUT2D eigenvalue weighted by Crippen LogP contribution is -2.15. The van der Waals surface area contributed by atoms with E-state index < -0.39 is 0 Å². The Morgan fingerprint density at radius 2 is 1.42 bits per heavy atom. The summed E-state index contributed by atoms with van der Waals surface area (Å²) in [6.07, 6.45) is 5.75. The van der Waals surface area contributed by atoms with Crippen LogP contribution in [0.3, 0.4) is 0 Å². The lowest BCUT2D eigenvalue weighted by Gasteiger charge is -2.15. The summed E-state index contributed by atoms with van der Waals surface area (Å²) in [5, 5.41) is -0.00639. The van der Waals surface area contributed by atoms with Gasteiger partial charge in [-0.15, -0.1) is 23.2 Å². The van der Waals surface area contributed by atoms with Crippen LogP contribution in [0.25, 0.3) is 0 Å². The van der Waals surface area contributed by atoms with E-state index in [4.69, 9.17) is 32.7 Å². The summed E-state index contributed by atoms with van der Waals surface area (Å²) in [5.74, 6) is -0.00411. The second kappa shape index (κ2) is 14.8. The first-order chi connectivity index (χ1) is 11.3. The van der Waals surface area contributed by atoms with Gasteiger partial charge in [0.15, 0.2) is 0 Å². The first-order valence-electron chi connectivity index (χ1n) is 8.94. The first-order valence-corrected chi connectivity index (χ1v) is 9.81. The molecule has 0 aromatic heterocycles. The number of ether oxygens (including phenoxy) is 2. The summed E-state index contributed by atoms with van der Waals surface area (Å²) in [6.45, 7) is 6.72. The molecule has 3 atom stereocenters. The van der Waals surface area contributed by atoms with E-state index in [1.165, 1.54) is 0 Å². The van der Waals surface area contributed by atoms with Gasteiger partial charge >= 0.3 is 11.9 Å². The van der Waals surface area contributed by atoms with Crippen LogP contribution in [0.4, 0.5) is 0 Å². The van der Waals surface area contributed by atoms with Crippen LogP contribution in [0.2, 0.25) is 0 Å². The summed E-state index contributed by atoms with van der Waals surface area (Å²) in [7, 11) is 0. The fraction of sp³-hybridized carbons (Fsp3) is 0.889. The molecule has 0 aromatic carbocycles. The summed E-state index contributed by atoms with van der Waals surface area (Å²) >= 11 is 11.6. The first kappa shape index (κ1) is 23.5. The molecular weight excluding hydrogens is 351 g/mol. The van der Waals surface area contributed by atoms with Gasteiger partial charge in [0.25, 0.3) is 0 Å². The summed E-state index contributed by atoms with van der Waals surface area (Å²) < 4.78 is 10.5. The third kappa shape index (κ3) is 15.1. The minimum absolute atomic E-state index is 0.00165. The van der Waals surface area contributed by atoms with E-state index in [-0.39, 0.29) is 22.7 Å². The third-order valence-electron chi connectivity index (χ3n) is 3.82. The molecule has 0 rings (SSSR count). The van der Waals surface area contributed by atoms with Crippen molar-refractivity contribution in [2.75, 3.05) is 13.2 Å². The highest BCUT2D eigenvalue weighted by Gasteiger charge is 2.11. The monoisotopic (exact) mass is 382 g/mol. The number of carbonyl (C=O) groups is 2. The molecule has 0 fully saturated rings. The highest BCUT2D eigenvalue weighted by atomic mass is 35.5. The number of esters is 2. The maximum absolute atomic E-state index is 11.6. The maximum Gasteiger partial charge on any atom is 0.305 e. The van der Waals surface area contributed by atoms with Gasteiger partial charge in [-0.3, -0.25) is 9.59 Å². The van der Waals surface area contributed by atoms with Crippen LogP contribution in [0, 0.1) is 5.92 Å². The van der Waals surface area contributed by atoms with Gasteiger partial charge in [0.1, 0.15) is 0 Å². The molecule has 6 heteroatoms. The van der Waals surface area contributed by atoms with Crippen molar-refractivity contribution in [1.82, 2.24) is 0 Å². The van der Waals surface area contributed by atoms with Crippen LogP contribution in [-0.2, 0) is 19.1 Å². The molecule has 0 saturated heterocycles. The van der Waals surface area contributed by atoms with E-state index in [9.17, 15) is 9.59 Å². The molecule has 4 nitrogen and oxygen atoms in total. The smallest absolute Gasteiger partial charge is 0.305 e. The molecule has 24 heavy (non-hydrogen) atoms. The molecule has 0 bridgehead atoms. The Morgan fingerprint density at radius 1 is 0.875 bits per heavy atom. The average molecular weight is 383 g/mol. The van der Waals surface area contributed by atoms with Crippen molar-refractivity contribution in [3.63, 3.8) is 0 Å². The van der Waals surface area contributed by atoms with Gasteiger partial charge in [0.05, 0.1) is 13.2 Å². The molecule has 3 unspecified atom stereocenters. The Bertz CT molecular complexity index is 346. The van der Waals surface area contributed by atoms with Gasteiger partial charge in [-0.05, 0) is 51.9 Å². The van der Waals surface area contributed by atoms with E-state index in [2.05, 4.69) is 6.92 Å². The minimum Gasteiger partial charge on any atom is -0.466 e. The lowest BCUT2D eigenvalue weighted by molar-refractivity contribution is -0.146. The molecule has 142 valence electrons. The van der Waals surface area contributed by atoms with Crippen molar-refractivity contribution in [2.45, 2.75) is 82.9 Å². The number of halogens is 2. The highest BCUT2D eigenvalue weighted by Crippen LogP contribution is 2.14. The zero-order chi connectivity index (χ0) is 18.4. The zero-order valence-electron chi connectivity index (χ0n) is 15.2. The van der Waals surface area contributed by atoms with E-state index in [1.54, 1.807) is 0 Å². The number of rotatable bonds is 14. The number of hydrogen-bond acceptors (Lipinski definition) is 4. The summed E-state index contributed by atoms with van der Waals surface area (Å²) in [6, 6.07) is 0. The highest BCUT2D eigenvalue weighted by molar-refractivity contribution is 6.20. The van der Waals surface area contributed by atoms with Crippen molar-refractivity contribution in [2.24, 2.45) is 5.92 Å². The Labute approximate surface area is 156 Å². The van der Waals surface area contributed by atoms with Gasteiger partial charge in [-0.25, -0.2) is 0 Å². The predicted octanol–water partition coefficient (Wildman–Crippen LogP) is 5.08. The normalized spacial score (nSPS) is 14.7. The SMILES string of the molecule is CCC(CCCCOC(=O)CCC(C)Cl)COC(=O)CCC(C)Cl. The van der Waals surface area contributed by atoms with Gasteiger partial charge in [0.2, 0.25) is 0 Å². The average Bonchev–Trinajstić information content (AvgIpc) is 2.53. The molecule has 0 saturated carbocycles. The second-order valence-electron chi connectivity index (χ2n) is 6.31. The quantitative estimate of drug-likeness (QED) is 0.238. The van der Waals surface area contributed by atoms with Crippen LogP contribution in [0.1, 0.15) is 72.1 Å². The fourth-order valence-corrected chi connectivity index (χ4v) is 2.33. The lowest BCUT2D eigenvalue weighted by atomic mass is 10.0. The van der Waals surface area contributed by atoms with Crippen molar-refractivity contribution >= 4 is 35.1 Å². The van der Waals surface area contributed by atoms with E-state index >= 15 is 0 Å². The van der Waals surface area contributed by atoms with E-state index in [0.717, 1.165) is 25.7 Å². The molecule has 0 aliphatic rings. The van der Waals surface area contributed by atoms with Gasteiger partial charge in [0, 0.05) is 23.6 Å². The zero-order valence-corrected chi connectivity index (χ0v) is 16.7. The summed E-state index contributed by atoms with van der Waals surface area (Å²) in [5.41, 5.74) is 0. The van der Waals surface area contributed by atoms with Gasteiger partial charge < -0.3 is 9.47 Å². The van der Waals surface area contributed by atoms with E-state index in [1.807, 2.05) is 13.8 Å². The second-order valence-corrected chi connectivity index (χ2v) is 7.80. The molecular formula is C18H32Cl2O4. The number of unbranched alkanes of at least 4 members (excludes halogenated alkanes) is 1. The standard InChI is InChI=1S/C18H32Cl2O4/c1-4-16(13-24-18(22)11-9-15(3)20)7-5-6-12-23-17(21)10-8-14(2)19/h14-16H,4-13H2,1-3H3. The molecule has 0 N–H and O–H groups in total. The van der Waals surface area contributed by atoms with E-state index in [0.29, 0.717) is 44.8 Å². The Kier molecular flexibility index (Phi) is 14.5. The van der Waals surface area contributed by atoms with Crippen LogP contribution in [0.5, 0.6) is 0 Å². The Balaban J connectivity index is 3.68. The fourth-order valence-electron chi connectivity index (χ4n) is 2.12. The third-order valence-corrected chi connectivity index (χ3v) is 4.26. The predicted molar refractivity (Wildman–Crippen MR) is 98.6 cm³/mol. The van der Waals surface area contributed by atoms with Crippen molar-refractivity contribution in [3.05, 3.63) is 0 Å². The topological polar surface area (TPSA) is 52.6 Å². The van der Waals surface area contributed by atoms with Crippen LogP contribution >= 0.6 is 23.2 Å². The number of hydrogen-bond donors (Lipinski definition) is 0. The molecule has 0 radical (unpaired) electrons. The Morgan fingerprint density at radius 3 is 1.92 bits per heavy atom. The van der Waals surface area contributed by atoms with Gasteiger partial charge in [-0.2, -0.15) is 0 Å². The molecule has 0 spiro atoms. The molecule has 0 aliphatic carbocycles. The largest absolute Gasteiger partial charge is 0.466 e. The molecule has 0 aromatic rings. The van der Waals surface area contributed by atoms with Crippen molar-refractivity contribution in [1.29, 1.82) is 0 Å². The van der Waals surface area contributed by atoms with Crippen LogP contribution in [-0.4, -0.2) is 35.9 Å². The van der Waals surface area contributed by atoms with Crippen LogP contribution < -0.4 is 0 Å². The minimum atomic E-state index is -0.183. The molecule has 0 heterocycles. The number of carbonyl (C=O) groups excluding carboxylic acids is 2. The van der Waals surface area contributed by atoms with Crippen molar-refractivity contribution in [3.8, 4) is 0 Å². The summed E-state index contributed by atoms with van der Waals surface area (Å²) in [4.78, 5) is 23.0. The molecule has 0 aliphatic heterocycles. The Hall–Kier alpha value is -0.480. The number of alkyl halides is 2.